The predicted molar refractivity (Wildman–Crippen MR) is 101 cm³/mol. The molecular weight excluding hydrogens is 338 g/mol. The summed E-state index contributed by atoms with van der Waals surface area (Å²) in [5.41, 5.74) is 2.50. The molecule has 1 N–H and O–H groups in total. The first-order chi connectivity index (χ1) is 11.9. The number of halogens is 1. The zero-order valence-corrected chi connectivity index (χ0v) is 15.8. The van der Waals surface area contributed by atoms with Crippen LogP contribution in [-0.4, -0.2) is 22.8 Å². The van der Waals surface area contributed by atoms with Crippen LogP contribution in [0.3, 0.4) is 0 Å². The zero-order valence-electron chi connectivity index (χ0n) is 15.0. The standard InChI is InChI=1S/C19H24ClN3O2/c1-13(2)12-23-19(20)16(14(3)22-23)9-10-18(24)21-11-15-7-5-6-8-17(15)25-4/h5-10,13H,11-12H2,1-4H3,(H,21,24)/b10-9+. The number of hydrogen-bond donors (Lipinski definition) is 1. The van der Waals surface area contributed by atoms with Crippen LogP contribution in [0.2, 0.25) is 5.15 Å². The molecule has 134 valence electrons. The maximum absolute atomic E-state index is 12.1. The molecule has 0 aliphatic rings. The molecule has 0 aliphatic heterocycles. The van der Waals surface area contributed by atoms with Crippen molar-refractivity contribution in [3.8, 4) is 5.75 Å². The van der Waals surface area contributed by atoms with Gasteiger partial charge in [-0.2, -0.15) is 5.10 Å². The van der Waals surface area contributed by atoms with Gasteiger partial charge in [-0.1, -0.05) is 43.6 Å². The van der Waals surface area contributed by atoms with Gasteiger partial charge in [-0.25, -0.2) is 0 Å². The lowest BCUT2D eigenvalue weighted by Gasteiger charge is -2.08. The summed E-state index contributed by atoms with van der Waals surface area (Å²) >= 11 is 6.37. The summed E-state index contributed by atoms with van der Waals surface area (Å²) in [4.78, 5) is 12.1. The van der Waals surface area contributed by atoms with Crippen LogP contribution in [0.5, 0.6) is 5.75 Å². The first kappa shape index (κ1) is 19.1. The van der Waals surface area contributed by atoms with E-state index in [0.717, 1.165) is 29.1 Å². The van der Waals surface area contributed by atoms with E-state index in [-0.39, 0.29) is 5.91 Å². The zero-order chi connectivity index (χ0) is 18.4. The predicted octanol–water partition coefficient (Wildman–Crippen LogP) is 3.84. The maximum Gasteiger partial charge on any atom is 0.244 e. The number of methoxy groups -OCH3 is 1. The van der Waals surface area contributed by atoms with Crippen molar-refractivity contribution in [1.82, 2.24) is 15.1 Å². The number of benzene rings is 1. The fourth-order valence-electron chi connectivity index (χ4n) is 2.47. The molecule has 5 nitrogen and oxygen atoms in total. The quantitative estimate of drug-likeness (QED) is 0.762. The molecule has 1 heterocycles. The van der Waals surface area contributed by atoms with E-state index in [0.29, 0.717) is 17.6 Å². The average Bonchev–Trinajstić information content (AvgIpc) is 2.84. The number of carbonyl (C=O) groups excluding carboxylic acids is 1. The van der Waals surface area contributed by atoms with Crippen LogP contribution in [0.25, 0.3) is 6.08 Å². The van der Waals surface area contributed by atoms with Gasteiger partial charge >= 0.3 is 0 Å². The van der Waals surface area contributed by atoms with Crippen LogP contribution in [0, 0.1) is 12.8 Å². The van der Waals surface area contributed by atoms with Gasteiger partial charge in [0.1, 0.15) is 10.9 Å². The lowest BCUT2D eigenvalue weighted by Crippen LogP contribution is -2.20. The number of carbonyl (C=O) groups is 1. The van der Waals surface area contributed by atoms with Crippen molar-refractivity contribution in [1.29, 1.82) is 0 Å². The van der Waals surface area contributed by atoms with Gasteiger partial charge in [0.25, 0.3) is 0 Å². The van der Waals surface area contributed by atoms with Gasteiger partial charge in [-0.15, -0.1) is 0 Å². The number of para-hydroxylation sites is 1. The van der Waals surface area contributed by atoms with Gasteiger partial charge in [-0.3, -0.25) is 9.48 Å². The van der Waals surface area contributed by atoms with Crippen molar-refractivity contribution in [3.63, 3.8) is 0 Å². The summed E-state index contributed by atoms with van der Waals surface area (Å²) in [5.74, 6) is 0.997. The normalized spacial score (nSPS) is 11.3. The molecule has 1 aromatic carbocycles. The van der Waals surface area contributed by atoms with Crippen molar-refractivity contribution >= 4 is 23.6 Å². The monoisotopic (exact) mass is 361 g/mol. The number of rotatable bonds is 7. The second-order valence-electron chi connectivity index (χ2n) is 6.23. The third-order valence-corrected chi connectivity index (χ3v) is 4.09. The highest BCUT2D eigenvalue weighted by Crippen LogP contribution is 2.22. The number of nitrogens with zero attached hydrogens (tertiary/aromatic N) is 2. The fourth-order valence-corrected chi connectivity index (χ4v) is 2.78. The third-order valence-electron chi connectivity index (χ3n) is 3.69. The average molecular weight is 362 g/mol. The SMILES string of the molecule is COc1ccccc1CNC(=O)/C=C/c1c(C)nn(CC(C)C)c1Cl. The Morgan fingerprint density at radius 1 is 1.40 bits per heavy atom. The van der Waals surface area contributed by atoms with Crippen LogP contribution in [-0.2, 0) is 17.9 Å². The minimum atomic E-state index is -0.196. The van der Waals surface area contributed by atoms with Crippen molar-refractivity contribution in [2.45, 2.75) is 33.9 Å². The summed E-state index contributed by atoms with van der Waals surface area (Å²) in [7, 11) is 1.61. The number of nitrogens with one attached hydrogen (secondary N) is 1. The van der Waals surface area contributed by atoms with E-state index in [4.69, 9.17) is 16.3 Å². The molecule has 0 bridgehead atoms. The smallest absolute Gasteiger partial charge is 0.244 e. The van der Waals surface area contributed by atoms with Crippen LogP contribution in [0.4, 0.5) is 0 Å². The number of aromatic nitrogens is 2. The molecule has 25 heavy (non-hydrogen) atoms. The Morgan fingerprint density at radius 3 is 2.80 bits per heavy atom. The molecule has 0 fully saturated rings. The minimum Gasteiger partial charge on any atom is -0.496 e. The van der Waals surface area contributed by atoms with Crippen LogP contribution in [0.1, 0.15) is 30.7 Å². The minimum absolute atomic E-state index is 0.196. The topological polar surface area (TPSA) is 56.1 Å². The van der Waals surface area contributed by atoms with Crippen molar-refractivity contribution < 1.29 is 9.53 Å². The third kappa shape index (κ3) is 5.10. The Balaban J connectivity index is 2.02. The first-order valence-electron chi connectivity index (χ1n) is 8.23. The van der Waals surface area contributed by atoms with E-state index < -0.39 is 0 Å². The lowest BCUT2D eigenvalue weighted by molar-refractivity contribution is -0.116. The first-order valence-corrected chi connectivity index (χ1v) is 8.60. The van der Waals surface area contributed by atoms with E-state index in [1.807, 2.05) is 31.2 Å². The van der Waals surface area contributed by atoms with E-state index >= 15 is 0 Å². The molecule has 0 aliphatic carbocycles. The lowest BCUT2D eigenvalue weighted by atomic mass is 10.2. The van der Waals surface area contributed by atoms with Crippen molar-refractivity contribution in [3.05, 3.63) is 52.3 Å². The van der Waals surface area contributed by atoms with Crippen molar-refractivity contribution in [2.24, 2.45) is 5.92 Å². The van der Waals surface area contributed by atoms with Gasteiger partial charge in [-0.05, 0) is 25.0 Å². The molecule has 0 spiro atoms. The summed E-state index contributed by atoms with van der Waals surface area (Å²) in [5, 5.41) is 7.83. The highest BCUT2D eigenvalue weighted by molar-refractivity contribution is 6.31. The number of amides is 1. The van der Waals surface area contributed by atoms with Gasteiger partial charge < -0.3 is 10.1 Å². The van der Waals surface area contributed by atoms with Crippen LogP contribution < -0.4 is 10.1 Å². The van der Waals surface area contributed by atoms with E-state index in [1.54, 1.807) is 17.9 Å². The van der Waals surface area contributed by atoms with Crippen LogP contribution >= 0.6 is 11.6 Å². The second kappa shape index (κ2) is 8.72. The Morgan fingerprint density at radius 2 is 2.12 bits per heavy atom. The summed E-state index contributed by atoms with van der Waals surface area (Å²) in [6, 6.07) is 7.58. The number of hydrogen-bond acceptors (Lipinski definition) is 3. The highest BCUT2D eigenvalue weighted by atomic mass is 35.5. The van der Waals surface area contributed by atoms with Crippen LogP contribution in [0.15, 0.2) is 30.3 Å². The van der Waals surface area contributed by atoms with E-state index in [9.17, 15) is 4.79 Å². The summed E-state index contributed by atoms with van der Waals surface area (Å²) in [6.45, 7) is 7.23. The molecule has 2 aromatic rings. The van der Waals surface area contributed by atoms with Gasteiger partial charge in [0.2, 0.25) is 5.91 Å². The summed E-state index contributed by atoms with van der Waals surface area (Å²) < 4.78 is 7.05. The molecule has 1 amide bonds. The molecule has 0 radical (unpaired) electrons. The molecule has 1 aromatic heterocycles. The summed E-state index contributed by atoms with van der Waals surface area (Å²) in [6.07, 6.45) is 3.18. The molecule has 0 atom stereocenters. The van der Waals surface area contributed by atoms with Crippen molar-refractivity contribution in [2.75, 3.05) is 7.11 Å². The number of ether oxygens (including phenoxy) is 1. The Kier molecular flexibility index (Phi) is 6.65. The molecular formula is C19H24ClN3O2. The Labute approximate surface area is 153 Å². The molecule has 2 rings (SSSR count). The largest absolute Gasteiger partial charge is 0.496 e. The fraction of sp³-hybridized carbons (Fsp3) is 0.368. The highest BCUT2D eigenvalue weighted by Gasteiger charge is 2.12. The van der Waals surface area contributed by atoms with Gasteiger partial charge in [0.15, 0.2) is 0 Å². The number of aryl methyl sites for hydroxylation is 1. The Bertz CT molecular complexity index is 766. The van der Waals surface area contributed by atoms with E-state index in [1.165, 1.54) is 6.08 Å². The van der Waals surface area contributed by atoms with Gasteiger partial charge in [0.05, 0.1) is 12.8 Å². The van der Waals surface area contributed by atoms with E-state index in [2.05, 4.69) is 24.3 Å². The molecule has 0 unspecified atom stereocenters. The maximum atomic E-state index is 12.1. The second-order valence-corrected chi connectivity index (χ2v) is 6.59. The Hall–Kier alpha value is -2.27. The van der Waals surface area contributed by atoms with Gasteiger partial charge in [0, 0.05) is 30.3 Å². The molecule has 0 saturated heterocycles. The molecule has 0 saturated carbocycles. The molecule has 6 heteroatoms.